The fraction of sp³-hybridized carbons (Fsp3) is 0.533. The molecule has 110 valence electrons. The van der Waals surface area contributed by atoms with Crippen molar-refractivity contribution in [3.63, 3.8) is 0 Å². The number of carbonyl (C=O) groups excluding carboxylic acids is 1. The fourth-order valence-corrected chi connectivity index (χ4v) is 1.83. The zero-order valence-electron chi connectivity index (χ0n) is 11.9. The van der Waals surface area contributed by atoms with Crippen LogP contribution in [0.15, 0.2) is 24.3 Å². The molecule has 1 aromatic rings. The van der Waals surface area contributed by atoms with Gasteiger partial charge in [0.25, 0.3) is 0 Å². The molecule has 1 fully saturated rings. The molecule has 1 unspecified atom stereocenters. The van der Waals surface area contributed by atoms with Crippen molar-refractivity contribution in [2.75, 3.05) is 20.3 Å². The lowest BCUT2D eigenvalue weighted by atomic mass is 10.3. The van der Waals surface area contributed by atoms with Gasteiger partial charge in [0.2, 0.25) is 0 Å². The molecule has 2 rings (SSSR count). The van der Waals surface area contributed by atoms with Gasteiger partial charge >= 0.3 is 5.97 Å². The maximum Gasteiger partial charge on any atom is 0.326 e. The average Bonchev–Trinajstić information content (AvgIpc) is 3.28. The van der Waals surface area contributed by atoms with Crippen molar-refractivity contribution in [3.05, 3.63) is 24.3 Å². The third kappa shape index (κ3) is 4.42. The van der Waals surface area contributed by atoms with Crippen molar-refractivity contribution in [2.45, 2.75) is 31.8 Å². The van der Waals surface area contributed by atoms with E-state index in [1.807, 2.05) is 18.2 Å². The molecule has 5 heteroatoms. The quantitative estimate of drug-likeness (QED) is 0.735. The van der Waals surface area contributed by atoms with Gasteiger partial charge in [0.15, 0.2) is 0 Å². The number of nitrogens with one attached hydrogen (secondary N) is 1. The predicted octanol–water partition coefficient (Wildman–Crippen LogP) is 1.76. The van der Waals surface area contributed by atoms with E-state index in [1.54, 1.807) is 20.1 Å². The lowest BCUT2D eigenvalue weighted by molar-refractivity contribution is -0.146. The van der Waals surface area contributed by atoms with Gasteiger partial charge in [-0.25, -0.2) is 0 Å². The van der Waals surface area contributed by atoms with Crippen LogP contribution in [-0.2, 0) is 9.53 Å². The van der Waals surface area contributed by atoms with E-state index in [1.165, 1.54) is 0 Å². The highest BCUT2D eigenvalue weighted by Crippen LogP contribution is 2.21. The second kappa shape index (κ2) is 7.14. The van der Waals surface area contributed by atoms with Gasteiger partial charge in [-0.15, -0.1) is 0 Å². The number of ether oxygens (including phenoxy) is 3. The maximum absolute atomic E-state index is 11.9. The Balaban J connectivity index is 1.90. The minimum atomic E-state index is -0.423. The summed E-state index contributed by atoms with van der Waals surface area (Å²) in [5.41, 5.74) is 0. The third-order valence-corrected chi connectivity index (χ3v) is 3.04. The molecule has 1 aliphatic carbocycles. The summed E-state index contributed by atoms with van der Waals surface area (Å²) in [6.45, 7) is 2.43. The standard InChI is InChI=1S/C15H21NO4/c1-3-19-15(17)14(16-11-7-8-11)10-20-13-6-4-5-12(9-13)18-2/h4-6,9,11,14,16H,3,7-8,10H2,1-2H3. The van der Waals surface area contributed by atoms with Crippen molar-refractivity contribution >= 4 is 5.97 Å². The summed E-state index contributed by atoms with van der Waals surface area (Å²) in [4.78, 5) is 11.9. The minimum Gasteiger partial charge on any atom is -0.497 e. The summed E-state index contributed by atoms with van der Waals surface area (Å²) in [5.74, 6) is 1.14. The van der Waals surface area contributed by atoms with Gasteiger partial charge < -0.3 is 14.2 Å². The smallest absolute Gasteiger partial charge is 0.326 e. The lowest BCUT2D eigenvalue weighted by Crippen LogP contribution is -2.43. The van der Waals surface area contributed by atoms with Crippen LogP contribution in [0.2, 0.25) is 0 Å². The second-order valence-electron chi connectivity index (χ2n) is 4.74. The third-order valence-electron chi connectivity index (χ3n) is 3.04. The Morgan fingerprint density at radius 1 is 1.40 bits per heavy atom. The van der Waals surface area contributed by atoms with E-state index < -0.39 is 6.04 Å². The van der Waals surface area contributed by atoms with Gasteiger partial charge in [-0.2, -0.15) is 0 Å². The molecular formula is C15H21NO4. The molecule has 1 aromatic carbocycles. The number of hydrogen-bond acceptors (Lipinski definition) is 5. The molecular weight excluding hydrogens is 258 g/mol. The Morgan fingerprint density at radius 3 is 2.80 bits per heavy atom. The van der Waals surface area contributed by atoms with E-state index >= 15 is 0 Å². The molecule has 1 aliphatic rings. The normalized spacial score (nSPS) is 15.5. The Labute approximate surface area is 119 Å². The van der Waals surface area contributed by atoms with Crippen LogP contribution in [0.25, 0.3) is 0 Å². The summed E-state index contributed by atoms with van der Waals surface area (Å²) in [5, 5.41) is 3.24. The van der Waals surface area contributed by atoms with Crippen molar-refractivity contribution in [1.29, 1.82) is 0 Å². The van der Waals surface area contributed by atoms with Gasteiger partial charge in [-0.3, -0.25) is 10.1 Å². The number of carbonyl (C=O) groups is 1. The molecule has 20 heavy (non-hydrogen) atoms. The number of esters is 1. The molecule has 0 heterocycles. The van der Waals surface area contributed by atoms with Crippen molar-refractivity contribution < 1.29 is 19.0 Å². The Bertz CT molecular complexity index is 445. The number of methoxy groups -OCH3 is 1. The second-order valence-corrected chi connectivity index (χ2v) is 4.74. The summed E-state index contributed by atoms with van der Waals surface area (Å²) >= 11 is 0. The first-order valence-corrected chi connectivity index (χ1v) is 6.92. The van der Waals surface area contributed by atoms with Crippen LogP contribution in [0.1, 0.15) is 19.8 Å². The molecule has 0 saturated heterocycles. The van der Waals surface area contributed by atoms with Gasteiger partial charge in [0.05, 0.1) is 13.7 Å². The van der Waals surface area contributed by atoms with E-state index in [9.17, 15) is 4.79 Å². The fourth-order valence-electron chi connectivity index (χ4n) is 1.83. The van der Waals surface area contributed by atoms with Crippen molar-refractivity contribution in [2.24, 2.45) is 0 Å². The largest absolute Gasteiger partial charge is 0.497 e. The first-order valence-electron chi connectivity index (χ1n) is 6.92. The van der Waals surface area contributed by atoms with E-state index in [0.29, 0.717) is 18.4 Å². The summed E-state index contributed by atoms with van der Waals surface area (Å²) in [6, 6.07) is 7.31. The zero-order chi connectivity index (χ0) is 14.4. The lowest BCUT2D eigenvalue weighted by Gasteiger charge is -2.17. The molecule has 5 nitrogen and oxygen atoms in total. The van der Waals surface area contributed by atoms with Crippen LogP contribution < -0.4 is 14.8 Å². The maximum atomic E-state index is 11.9. The molecule has 0 radical (unpaired) electrons. The Kier molecular flexibility index (Phi) is 5.24. The van der Waals surface area contributed by atoms with E-state index in [2.05, 4.69) is 5.32 Å². The first kappa shape index (κ1) is 14.7. The van der Waals surface area contributed by atoms with Gasteiger partial charge in [-0.05, 0) is 31.9 Å². The summed E-state index contributed by atoms with van der Waals surface area (Å²) < 4.78 is 15.9. The summed E-state index contributed by atoms with van der Waals surface area (Å²) in [6.07, 6.45) is 2.21. The van der Waals surface area contributed by atoms with Crippen LogP contribution in [0, 0.1) is 0 Å². The molecule has 0 aliphatic heterocycles. The molecule has 1 N–H and O–H groups in total. The Morgan fingerprint density at radius 2 is 2.15 bits per heavy atom. The number of rotatable bonds is 8. The van der Waals surface area contributed by atoms with E-state index in [0.717, 1.165) is 18.6 Å². The SMILES string of the molecule is CCOC(=O)C(COc1cccc(OC)c1)NC1CC1. The number of benzene rings is 1. The van der Waals surface area contributed by atoms with Crippen LogP contribution >= 0.6 is 0 Å². The molecule has 0 bridgehead atoms. The molecule has 1 atom stereocenters. The van der Waals surface area contributed by atoms with Crippen LogP contribution in [0.4, 0.5) is 0 Å². The van der Waals surface area contributed by atoms with Crippen LogP contribution in [0.5, 0.6) is 11.5 Å². The molecule has 0 aromatic heterocycles. The van der Waals surface area contributed by atoms with Crippen molar-refractivity contribution in [3.8, 4) is 11.5 Å². The average molecular weight is 279 g/mol. The summed E-state index contributed by atoms with van der Waals surface area (Å²) in [7, 11) is 1.61. The Hall–Kier alpha value is -1.75. The van der Waals surface area contributed by atoms with Gasteiger partial charge in [0, 0.05) is 12.1 Å². The number of hydrogen-bond donors (Lipinski definition) is 1. The molecule has 1 saturated carbocycles. The zero-order valence-corrected chi connectivity index (χ0v) is 11.9. The van der Waals surface area contributed by atoms with Crippen LogP contribution in [0.3, 0.4) is 0 Å². The molecule has 0 amide bonds. The highest BCUT2D eigenvalue weighted by molar-refractivity contribution is 5.76. The monoisotopic (exact) mass is 279 g/mol. The highest BCUT2D eigenvalue weighted by atomic mass is 16.5. The van der Waals surface area contributed by atoms with Gasteiger partial charge in [0.1, 0.15) is 24.1 Å². The van der Waals surface area contributed by atoms with Crippen LogP contribution in [-0.4, -0.2) is 38.4 Å². The van der Waals surface area contributed by atoms with Gasteiger partial charge in [-0.1, -0.05) is 6.07 Å². The van der Waals surface area contributed by atoms with E-state index in [4.69, 9.17) is 14.2 Å². The topological polar surface area (TPSA) is 56.8 Å². The molecule has 0 spiro atoms. The van der Waals surface area contributed by atoms with Crippen molar-refractivity contribution in [1.82, 2.24) is 5.32 Å². The predicted molar refractivity (Wildman–Crippen MR) is 75.1 cm³/mol. The highest BCUT2D eigenvalue weighted by Gasteiger charge is 2.29. The van der Waals surface area contributed by atoms with E-state index in [-0.39, 0.29) is 12.6 Å². The first-order chi connectivity index (χ1) is 9.72. The minimum absolute atomic E-state index is 0.252.